The van der Waals surface area contributed by atoms with Crippen LogP contribution in [-0.4, -0.2) is 53.2 Å². The molecule has 6 heteroatoms. The Labute approximate surface area is 112 Å². The van der Waals surface area contributed by atoms with Crippen LogP contribution in [0, 0.1) is 0 Å². The van der Waals surface area contributed by atoms with Gasteiger partial charge in [0.1, 0.15) is 11.6 Å². The molecule has 1 saturated heterocycles. The fourth-order valence-corrected chi connectivity index (χ4v) is 2.29. The van der Waals surface area contributed by atoms with Crippen molar-refractivity contribution >= 4 is 17.6 Å². The third kappa shape index (κ3) is 3.14. The first-order chi connectivity index (χ1) is 8.97. The van der Waals surface area contributed by atoms with Crippen molar-refractivity contribution in [2.24, 2.45) is 0 Å². The lowest BCUT2D eigenvalue weighted by Gasteiger charge is -2.37. The second-order valence-electron chi connectivity index (χ2n) is 5.06. The molecule has 0 radical (unpaired) electrons. The molecule has 1 fully saturated rings. The summed E-state index contributed by atoms with van der Waals surface area (Å²) >= 11 is 0. The van der Waals surface area contributed by atoms with Crippen molar-refractivity contribution in [2.45, 2.75) is 19.9 Å². The number of aromatic nitrogens is 1. The van der Waals surface area contributed by atoms with Gasteiger partial charge in [-0.1, -0.05) is 0 Å². The maximum absolute atomic E-state index is 11.0. The molecule has 0 saturated carbocycles. The quantitative estimate of drug-likeness (QED) is 0.843. The van der Waals surface area contributed by atoms with Crippen molar-refractivity contribution in [3.05, 3.63) is 17.7 Å². The summed E-state index contributed by atoms with van der Waals surface area (Å²) in [4.78, 5) is 19.7. The van der Waals surface area contributed by atoms with Crippen LogP contribution in [0.25, 0.3) is 0 Å². The number of nitrogens with two attached hydrogens (primary N) is 1. The predicted molar refractivity (Wildman–Crippen MR) is 74.5 cm³/mol. The molecule has 1 aromatic rings. The molecule has 0 aliphatic carbocycles. The molecule has 0 atom stereocenters. The fraction of sp³-hybridized carbons (Fsp3) is 0.538. The van der Waals surface area contributed by atoms with E-state index in [0.717, 1.165) is 26.2 Å². The van der Waals surface area contributed by atoms with Gasteiger partial charge < -0.3 is 15.7 Å². The summed E-state index contributed by atoms with van der Waals surface area (Å²) in [5.41, 5.74) is 5.86. The molecule has 6 nitrogen and oxygen atoms in total. The van der Waals surface area contributed by atoms with E-state index in [9.17, 15) is 4.79 Å². The molecular weight excluding hydrogens is 244 g/mol. The Morgan fingerprint density at radius 3 is 2.47 bits per heavy atom. The Kier molecular flexibility index (Phi) is 3.90. The van der Waals surface area contributed by atoms with Crippen molar-refractivity contribution in [1.82, 2.24) is 9.88 Å². The van der Waals surface area contributed by atoms with E-state index in [4.69, 9.17) is 10.8 Å². The van der Waals surface area contributed by atoms with Crippen LogP contribution in [-0.2, 0) is 0 Å². The number of carboxylic acid groups (broad SMARTS) is 1. The largest absolute Gasteiger partial charge is 0.478 e. The topological polar surface area (TPSA) is 82.7 Å². The van der Waals surface area contributed by atoms with E-state index in [1.807, 2.05) is 0 Å². The first-order valence-electron chi connectivity index (χ1n) is 6.47. The first kappa shape index (κ1) is 13.6. The average Bonchev–Trinajstić information content (AvgIpc) is 2.38. The lowest BCUT2D eigenvalue weighted by molar-refractivity contribution is 0.0697. The summed E-state index contributed by atoms with van der Waals surface area (Å²) in [7, 11) is 0. The van der Waals surface area contributed by atoms with Crippen molar-refractivity contribution in [2.75, 3.05) is 36.8 Å². The molecule has 2 rings (SSSR count). The molecule has 0 spiro atoms. The third-order valence-electron chi connectivity index (χ3n) is 3.45. The van der Waals surface area contributed by atoms with Gasteiger partial charge in [0.15, 0.2) is 0 Å². The van der Waals surface area contributed by atoms with Crippen LogP contribution < -0.4 is 10.6 Å². The second kappa shape index (κ2) is 5.44. The highest BCUT2D eigenvalue weighted by Crippen LogP contribution is 2.18. The Morgan fingerprint density at radius 2 is 1.95 bits per heavy atom. The maximum atomic E-state index is 11.0. The number of piperazine rings is 1. The molecule has 104 valence electrons. The highest BCUT2D eigenvalue weighted by atomic mass is 16.4. The summed E-state index contributed by atoms with van der Waals surface area (Å²) in [6, 6.07) is 3.51. The Bertz CT molecular complexity index is 468. The lowest BCUT2D eigenvalue weighted by Crippen LogP contribution is -2.49. The summed E-state index contributed by atoms with van der Waals surface area (Å²) in [6.45, 7) is 7.95. The van der Waals surface area contributed by atoms with E-state index in [1.54, 1.807) is 6.07 Å². The lowest BCUT2D eigenvalue weighted by atomic mass is 10.2. The number of nitrogens with zero attached hydrogens (tertiary/aromatic N) is 3. The number of hydrogen-bond acceptors (Lipinski definition) is 5. The van der Waals surface area contributed by atoms with E-state index in [2.05, 4.69) is 28.6 Å². The number of rotatable bonds is 3. The third-order valence-corrected chi connectivity index (χ3v) is 3.45. The van der Waals surface area contributed by atoms with E-state index in [0.29, 0.717) is 11.9 Å². The fourth-order valence-electron chi connectivity index (χ4n) is 2.29. The van der Waals surface area contributed by atoms with Crippen LogP contribution in [0.3, 0.4) is 0 Å². The minimum absolute atomic E-state index is 0.189. The zero-order chi connectivity index (χ0) is 14.0. The van der Waals surface area contributed by atoms with Crippen LogP contribution in [0.1, 0.15) is 24.2 Å². The van der Waals surface area contributed by atoms with E-state index in [-0.39, 0.29) is 11.4 Å². The van der Waals surface area contributed by atoms with Gasteiger partial charge in [0.2, 0.25) is 0 Å². The van der Waals surface area contributed by atoms with Gasteiger partial charge in [-0.05, 0) is 26.0 Å². The average molecular weight is 264 g/mol. The summed E-state index contributed by atoms with van der Waals surface area (Å²) < 4.78 is 0. The van der Waals surface area contributed by atoms with Gasteiger partial charge in [-0.2, -0.15) is 0 Å². The molecule has 0 unspecified atom stereocenters. The minimum Gasteiger partial charge on any atom is -0.478 e. The zero-order valence-electron chi connectivity index (χ0n) is 11.3. The Hall–Kier alpha value is -1.82. The highest BCUT2D eigenvalue weighted by molar-refractivity contribution is 5.89. The molecule has 2 heterocycles. The smallest absolute Gasteiger partial charge is 0.335 e. The van der Waals surface area contributed by atoms with Gasteiger partial charge in [0.25, 0.3) is 0 Å². The monoisotopic (exact) mass is 264 g/mol. The molecule has 19 heavy (non-hydrogen) atoms. The Morgan fingerprint density at radius 1 is 1.32 bits per heavy atom. The second-order valence-corrected chi connectivity index (χ2v) is 5.06. The van der Waals surface area contributed by atoms with E-state index < -0.39 is 5.97 Å². The minimum atomic E-state index is -0.976. The van der Waals surface area contributed by atoms with Gasteiger partial charge in [-0.3, -0.25) is 4.90 Å². The van der Waals surface area contributed by atoms with Gasteiger partial charge in [0.05, 0.1) is 5.56 Å². The number of pyridine rings is 1. The molecule has 0 bridgehead atoms. The van der Waals surface area contributed by atoms with Crippen molar-refractivity contribution < 1.29 is 9.90 Å². The number of hydrogen-bond donors (Lipinski definition) is 2. The molecule has 3 N–H and O–H groups in total. The molecule has 1 aliphatic heterocycles. The Balaban J connectivity index is 2.13. The number of aromatic carboxylic acids is 1. The predicted octanol–water partition coefficient (Wildman–Crippen LogP) is 0.892. The summed E-state index contributed by atoms with van der Waals surface area (Å²) in [5, 5.41) is 9.04. The van der Waals surface area contributed by atoms with Crippen LogP contribution in [0.4, 0.5) is 11.6 Å². The van der Waals surface area contributed by atoms with Crippen LogP contribution in [0.2, 0.25) is 0 Å². The van der Waals surface area contributed by atoms with Crippen LogP contribution >= 0.6 is 0 Å². The van der Waals surface area contributed by atoms with Gasteiger partial charge in [-0.15, -0.1) is 0 Å². The van der Waals surface area contributed by atoms with E-state index in [1.165, 1.54) is 6.07 Å². The van der Waals surface area contributed by atoms with Crippen LogP contribution in [0.5, 0.6) is 0 Å². The van der Waals surface area contributed by atoms with Crippen molar-refractivity contribution in [3.63, 3.8) is 0 Å². The van der Waals surface area contributed by atoms with Gasteiger partial charge >= 0.3 is 5.97 Å². The zero-order valence-corrected chi connectivity index (χ0v) is 11.3. The first-order valence-corrected chi connectivity index (χ1v) is 6.47. The van der Waals surface area contributed by atoms with Crippen molar-refractivity contribution in [3.8, 4) is 0 Å². The number of nitrogen functional groups attached to an aromatic ring is 1. The molecule has 0 amide bonds. The normalized spacial score (nSPS) is 16.9. The highest BCUT2D eigenvalue weighted by Gasteiger charge is 2.20. The molecule has 1 aliphatic rings. The number of anilines is 2. The molecular formula is C13H20N4O2. The molecule has 1 aromatic heterocycles. The molecule has 0 aromatic carbocycles. The van der Waals surface area contributed by atoms with Gasteiger partial charge in [0, 0.05) is 32.2 Å². The van der Waals surface area contributed by atoms with Crippen molar-refractivity contribution in [1.29, 1.82) is 0 Å². The summed E-state index contributed by atoms with van der Waals surface area (Å²) in [6.07, 6.45) is 0. The summed E-state index contributed by atoms with van der Waals surface area (Å²) in [5.74, 6) is -0.0711. The SMILES string of the molecule is CC(C)N1CCN(c2cc(C(=O)O)cc(N)n2)CC1. The standard InChI is InChI=1S/C13H20N4O2/c1-9(2)16-3-5-17(6-4-16)12-8-10(13(18)19)7-11(14)15-12/h7-9H,3-6H2,1-2H3,(H2,14,15)(H,18,19). The van der Waals surface area contributed by atoms with Crippen LogP contribution in [0.15, 0.2) is 12.1 Å². The number of carbonyl (C=O) groups is 1. The maximum Gasteiger partial charge on any atom is 0.335 e. The van der Waals surface area contributed by atoms with Gasteiger partial charge in [-0.25, -0.2) is 9.78 Å². The number of carboxylic acids is 1. The van der Waals surface area contributed by atoms with E-state index >= 15 is 0 Å².